The van der Waals surface area contributed by atoms with Gasteiger partial charge in [0.15, 0.2) is 0 Å². The summed E-state index contributed by atoms with van der Waals surface area (Å²) in [5.74, 6) is -0.550. The number of carbonyl (C=O) groups is 1. The van der Waals surface area contributed by atoms with Crippen LogP contribution in [-0.2, 0) is 33.9 Å². The molecule has 1 fully saturated rings. The molecule has 6 rings (SSSR count). The number of halogens is 1. The highest BCUT2D eigenvalue weighted by molar-refractivity contribution is 7.15. The average Bonchev–Trinajstić information content (AvgIpc) is 3.54. The molecule has 46 heavy (non-hydrogen) atoms. The van der Waals surface area contributed by atoms with Crippen LogP contribution in [0.15, 0.2) is 115 Å². The van der Waals surface area contributed by atoms with Crippen LogP contribution in [0.25, 0.3) is 10.4 Å². The van der Waals surface area contributed by atoms with E-state index in [1.54, 1.807) is 11.3 Å². The summed E-state index contributed by atoms with van der Waals surface area (Å²) in [6.45, 7) is 7.25. The largest absolute Gasteiger partial charge is 0.370 e. The van der Waals surface area contributed by atoms with E-state index >= 15 is 0 Å². The minimum atomic E-state index is -0.442. The fourth-order valence-electron chi connectivity index (χ4n) is 6.77. The van der Waals surface area contributed by atoms with Gasteiger partial charge in [0, 0.05) is 22.1 Å². The van der Waals surface area contributed by atoms with Crippen molar-refractivity contribution in [2.24, 2.45) is 11.8 Å². The highest BCUT2D eigenvalue weighted by Gasteiger charge is 2.49. The predicted molar refractivity (Wildman–Crippen MR) is 184 cm³/mol. The molecule has 5 heteroatoms. The molecule has 0 aliphatic heterocycles. The van der Waals surface area contributed by atoms with E-state index in [9.17, 15) is 9.18 Å². The molecule has 3 nitrogen and oxygen atoms in total. The van der Waals surface area contributed by atoms with Gasteiger partial charge in [-0.3, -0.25) is 4.79 Å². The van der Waals surface area contributed by atoms with Gasteiger partial charge in [-0.25, -0.2) is 4.39 Å². The van der Waals surface area contributed by atoms with Crippen molar-refractivity contribution in [3.63, 3.8) is 0 Å². The lowest BCUT2D eigenvalue weighted by Crippen LogP contribution is -2.53. The molecule has 1 heterocycles. The van der Waals surface area contributed by atoms with Crippen LogP contribution in [0.1, 0.15) is 58.9 Å². The van der Waals surface area contributed by atoms with Crippen LogP contribution in [0.3, 0.4) is 0 Å². The Hall–Kier alpha value is -3.90. The monoisotopic (exact) mass is 632 g/mol. The van der Waals surface area contributed by atoms with Gasteiger partial charge in [0.25, 0.3) is 0 Å². The molecule has 1 aromatic heterocycles. The first kappa shape index (κ1) is 32.1. The van der Waals surface area contributed by atoms with Crippen molar-refractivity contribution in [1.29, 1.82) is 0 Å². The van der Waals surface area contributed by atoms with E-state index in [1.807, 2.05) is 48.5 Å². The van der Waals surface area contributed by atoms with Crippen molar-refractivity contribution in [3.8, 4) is 10.4 Å². The zero-order valence-corrected chi connectivity index (χ0v) is 27.5. The number of hydrogen-bond acceptors (Lipinski definition) is 4. The number of thiophene rings is 1. The maximum absolute atomic E-state index is 14.4. The third-order valence-electron chi connectivity index (χ3n) is 9.37. The molecule has 0 bridgehead atoms. The predicted octanol–water partition coefficient (Wildman–Crippen LogP) is 9.95. The summed E-state index contributed by atoms with van der Waals surface area (Å²) in [6, 6.07) is 37.7. The maximum Gasteiger partial charge on any atom is 0.146 e. The van der Waals surface area contributed by atoms with Crippen molar-refractivity contribution in [2.45, 2.75) is 65.0 Å². The molecule has 1 aliphatic rings. The Kier molecular flexibility index (Phi) is 10.2. The second-order valence-electron chi connectivity index (χ2n) is 12.4. The summed E-state index contributed by atoms with van der Waals surface area (Å²) < 4.78 is 27.0. The van der Waals surface area contributed by atoms with E-state index in [1.165, 1.54) is 28.1 Å². The van der Waals surface area contributed by atoms with E-state index in [0.29, 0.717) is 13.2 Å². The standard InChI is InChI=1S/C41H41FO3S/c1-4-36-28(3)40(44-25-29-11-7-5-8-12-29)41(45-26-30-13-9-6-10-14-30)38(39(36)43)32-16-15-27(2)33(23-32)24-35-21-22-37(46-35)31-17-19-34(42)20-18-31/h5-23,28,36,38,40-41H,4,24-26H2,1-3H3/t28-,36-,38-,40+,41+/m1/s1. The van der Waals surface area contributed by atoms with Gasteiger partial charge in [-0.2, -0.15) is 0 Å². The van der Waals surface area contributed by atoms with Crippen LogP contribution < -0.4 is 0 Å². The lowest BCUT2D eigenvalue weighted by molar-refractivity contribution is -0.165. The molecule has 0 unspecified atom stereocenters. The van der Waals surface area contributed by atoms with Crippen molar-refractivity contribution in [3.05, 3.63) is 154 Å². The highest BCUT2D eigenvalue weighted by atomic mass is 32.1. The summed E-state index contributed by atoms with van der Waals surface area (Å²) in [4.78, 5) is 16.7. The highest BCUT2D eigenvalue weighted by Crippen LogP contribution is 2.43. The minimum Gasteiger partial charge on any atom is -0.370 e. The first-order valence-corrected chi connectivity index (χ1v) is 17.0. The summed E-state index contributed by atoms with van der Waals surface area (Å²) in [6.07, 6.45) is 0.824. The van der Waals surface area contributed by atoms with Crippen molar-refractivity contribution < 1.29 is 18.7 Å². The van der Waals surface area contributed by atoms with Crippen molar-refractivity contribution in [2.75, 3.05) is 0 Å². The number of rotatable bonds is 11. The van der Waals surface area contributed by atoms with E-state index in [0.717, 1.165) is 40.0 Å². The average molecular weight is 633 g/mol. The zero-order valence-electron chi connectivity index (χ0n) is 26.7. The molecule has 4 aromatic carbocycles. The molecular formula is C41H41FO3S. The van der Waals surface area contributed by atoms with Crippen LogP contribution in [0, 0.1) is 24.6 Å². The molecule has 0 amide bonds. The van der Waals surface area contributed by atoms with Gasteiger partial charge >= 0.3 is 0 Å². The van der Waals surface area contributed by atoms with E-state index in [-0.39, 0.29) is 29.5 Å². The third kappa shape index (κ3) is 7.23. The first-order chi connectivity index (χ1) is 22.4. The summed E-state index contributed by atoms with van der Waals surface area (Å²) in [5, 5.41) is 0. The van der Waals surface area contributed by atoms with Crippen molar-refractivity contribution in [1.82, 2.24) is 0 Å². The van der Waals surface area contributed by atoms with Gasteiger partial charge in [0.05, 0.1) is 31.3 Å². The second kappa shape index (κ2) is 14.7. The normalized spacial score (nSPS) is 21.4. The Bertz CT molecular complexity index is 1730. The molecule has 0 N–H and O–H groups in total. The van der Waals surface area contributed by atoms with Gasteiger partial charge in [-0.05, 0) is 76.9 Å². The van der Waals surface area contributed by atoms with Gasteiger partial charge in [-0.1, -0.05) is 105 Å². The number of Topliss-reactive ketones (excluding diaryl/α,β-unsaturated/α-hetero) is 1. The summed E-state index contributed by atoms with van der Waals surface area (Å²) in [5.41, 5.74) is 6.54. The minimum absolute atomic E-state index is 0.0131. The van der Waals surface area contributed by atoms with E-state index in [4.69, 9.17) is 9.47 Å². The molecule has 0 radical (unpaired) electrons. The van der Waals surface area contributed by atoms with Crippen LogP contribution >= 0.6 is 11.3 Å². The van der Waals surface area contributed by atoms with Gasteiger partial charge in [0.2, 0.25) is 0 Å². The van der Waals surface area contributed by atoms with E-state index < -0.39 is 12.0 Å². The lowest BCUT2D eigenvalue weighted by Gasteiger charge is -2.45. The van der Waals surface area contributed by atoms with Crippen LogP contribution in [0.4, 0.5) is 4.39 Å². The molecule has 0 spiro atoms. The van der Waals surface area contributed by atoms with Gasteiger partial charge in [0.1, 0.15) is 11.6 Å². The molecular weight excluding hydrogens is 592 g/mol. The number of aryl methyl sites for hydroxylation is 1. The Morgan fingerprint density at radius 3 is 2.02 bits per heavy atom. The SMILES string of the molecule is CC[C@H]1C(=O)[C@@H](c2ccc(C)c(Cc3ccc(-c4ccc(F)cc4)s3)c2)[C@H](OCc2ccccc2)[C@@H](OCc2ccccc2)[C@@H]1C. The zero-order chi connectivity index (χ0) is 32.0. The molecule has 5 aromatic rings. The molecule has 236 valence electrons. The number of carbonyl (C=O) groups excluding carboxylic acids is 1. The Balaban J connectivity index is 1.32. The Morgan fingerprint density at radius 2 is 1.39 bits per heavy atom. The van der Waals surface area contributed by atoms with Crippen LogP contribution in [0.2, 0.25) is 0 Å². The summed E-state index contributed by atoms with van der Waals surface area (Å²) >= 11 is 1.72. The third-order valence-corrected chi connectivity index (χ3v) is 10.5. The summed E-state index contributed by atoms with van der Waals surface area (Å²) in [7, 11) is 0. The second-order valence-corrected chi connectivity index (χ2v) is 13.6. The number of hydrogen-bond donors (Lipinski definition) is 0. The maximum atomic E-state index is 14.4. The Labute approximate surface area is 276 Å². The van der Waals surface area contributed by atoms with Crippen molar-refractivity contribution >= 4 is 17.1 Å². The molecule has 0 saturated heterocycles. The first-order valence-electron chi connectivity index (χ1n) is 16.2. The van der Waals surface area contributed by atoms with Crippen LogP contribution in [-0.4, -0.2) is 18.0 Å². The fraction of sp³-hybridized carbons (Fsp3) is 0.293. The van der Waals surface area contributed by atoms with Gasteiger partial charge in [-0.15, -0.1) is 11.3 Å². The smallest absolute Gasteiger partial charge is 0.146 e. The fourth-order valence-corrected chi connectivity index (χ4v) is 7.81. The quantitative estimate of drug-likeness (QED) is 0.145. The van der Waals surface area contributed by atoms with E-state index in [2.05, 4.69) is 75.4 Å². The topological polar surface area (TPSA) is 35.5 Å². The number of ketones is 1. The number of ether oxygens (including phenoxy) is 2. The number of benzene rings is 4. The molecule has 5 atom stereocenters. The lowest BCUT2D eigenvalue weighted by atomic mass is 9.67. The molecule has 1 aliphatic carbocycles. The van der Waals surface area contributed by atoms with Gasteiger partial charge < -0.3 is 9.47 Å². The molecule has 1 saturated carbocycles. The Morgan fingerprint density at radius 1 is 0.761 bits per heavy atom. The van der Waals surface area contributed by atoms with Crippen LogP contribution in [0.5, 0.6) is 0 Å².